The first-order valence-electron chi connectivity index (χ1n) is 4.08. The summed E-state index contributed by atoms with van der Waals surface area (Å²) in [6.45, 7) is 3.65. The average molecular weight is 191 g/mol. The average Bonchev–Trinajstić information content (AvgIpc) is 1.98. The molecule has 0 aromatic heterocycles. The van der Waals surface area contributed by atoms with Crippen LogP contribution in [0.4, 0.5) is 0 Å². The molecule has 0 aliphatic heterocycles. The van der Waals surface area contributed by atoms with Gasteiger partial charge in [-0.15, -0.1) is 0 Å². The summed E-state index contributed by atoms with van der Waals surface area (Å²) in [7, 11) is 0. The molecule has 0 aromatic rings. The monoisotopic (exact) mass is 191 g/mol. The maximum Gasteiger partial charge on any atom is 0.304 e. The predicted molar refractivity (Wildman–Crippen MR) is 52.7 cm³/mol. The lowest BCUT2D eigenvalue weighted by atomic mass is 10.2. The zero-order valence-electron chi connectivity index (χ0n) is 7.67. The van der Waals surface area contributed by atoms with Gasteiger partial charge < -0.3 is 10.4 Å². The lowest BCUT2D eigenvalue weighted by Crippen LogP contribution is -2.24. The number of carbonyl (C=O) groups is 1. The van der Waals surface area contributed by atoms with Crippen LogP contribution in [0.2, 0.25) is 0 Å². The maximum absolute atomic E-state index is 10.1. The van der Waals surface area contributed by atoms with Gasteiger partial charge in [-0.05, 0) is 24.5 Å². The van der Waals surface area contributed by atoms with Gasteiger partial charge in [0.05, 0.1) is 6.42 Å². The maximum atomic E-state index is 10.1. The van der Waals surface area contributed by atoms with Gasteiger partial charge in [-0.2, -0.15) is 11.8 Å². The molecular formula is C8H17NO2S. The van der Waals surface area contributed by atoms with Crippen LogP contribution in [0.25, 0.3) is 0 Å². The largest absolute Gasteiger partial charge is 0.481 e. The van der Waals surface area contributed by atoms with E-state index in [9.17, 15) is 4.79 Å². The summed E-state index contributed by atoms with van der Waals surface area (Å²) in [5, 5.41) is 11.4. The van der Waals surface area contributed by atoms with Crippen molar-refractivity contribution in [3.8, 4) is 0 Å². The second-order valence-corrected chi connectivity index (χ2v) is 3.82. The van der Waals surface area contributed by atoms with Crippen LogP contribution >= 0.6 is 11.8 Å². The summed E-state index contributed by atoms with van der Waals surface area (Å²) in [6, 6.07) is 0. The van der Waals surface area contributed by atoms with E-state index in [1.807, 2.05) is 11.8 Å². The van der Waals surface area contributed by atoms with Gasteiger partial charge in [0.2, 0.25) is 0 Å². The molecule has 0 aromatic carbocycles. The molecule has 0 radical (unpaired) electrons. The first-order chi connectivity index (χ1) is 5.66. The van der Waals surface area contributed by atoms with Crippen molar-refractivity contribution >= 4 is 17.7 Å². The quantitative estimate of drug-likeness (QED) is 0.591. The van der Waals surface area contributed by atoms with Crippen LogP contribution in [0.15, 0.2) is 0 Å². The third-order valence-corrected chi connectivity index (χ3v) is 2.36. The molecule has 0 saturated heterocycles. The van der Waals surface area contributed by atoms with Gasteiger partial charge in [0.1, 0.15) is 0 Å². The molecule has 12 heavy (non-hydrogen) atoms. The van der Waals surface area contributed by atoms with Crippen molar-refractivity contribution < 1.29 is 9.90 Å². The number of rotatable bonds is 7. The van der Waals surface area contributed by atoms with E-state index in [0.717, 1.165) is 12.3 Å². The summed E-state index contributed by atoms with van der Waals surface area (Å²) < 4.78 is 0. The summed E-state index contributed by atoms with van der Waals surface area (Å²) in [6.07, 6.45) is 2.29. The summed E-state index contributed by atoms with van der Waals surface area (Å²) >= 11 is 1.82. The minimum absolute atomic E-state index is 0.214. The molecule has 1 unspecified atom stereocenters. The summed E-state index contributed by atoms with van der Waals surface area (Å²) in [4.78, 5) is 10.1. The van der Waals surface area contributed by atoms with E-state index < -0.39 is 5.97 Å². The number of carboxylic acid groups (broad SMARTS) is 1. The molecular weight excluding hydrogens is 174 g/mol. The van der Waals surface area contributed by atoms with Crippen LogP contribution in [0.1, 0.15) is 13.3 Å². The van der Waals surface area contributed by atoms with Gasteiger partial charge in [-0.3, -0.25) is 4.79 Å². The van der Waals surface area contributed by atoms with Crippen molar-refractivity contribution in [3.05, 3.63) is 0 Å². The molecule has 0 amide bonds. The molecule has 72 valence electrons. The number of hydrogen-bond donors (Lipinski definition) is 2. The van der Waals surface area contributed by atoms with Gasteiger partial charge in [-0.1, -0.05) is 6.92 Å². The van der Waals surface area contributed by atoms with Gasteiger partial charge in [0.25, 0.3) is 0 Å². The SMILES string of the molecule is CSCC(C)CNCCC(=O)O. The van der Waals surface area contributed by atoms with E-state index in [2.05, 4.69) is 18.5 Å². The van der Waals surface area contributed by atoms with Crippen molar-refractivity contribution in [2.45, 2.75) is 13.3 Å². The highest BCUT2D eigenvalue weighted by molar-refractivity contribution is 7.98. The number of carboxylic acids is 1. The minimum atomic E-state index is -0.736. The van der Waals surface area contributed by atoms with Crippen molar-refractivity contribution in [3.63, 3.8) is 0 Å². The van der Waals surface area contributed by atoms with Crippen molar-refractivity contribution in [1.29, 1.82) is 0 Å². The fraction of sp³-hybridized carbons (Fsp3) is 0.875. The van der Waals surface area contributed by atoms with Gasteiger partial charge in [0.15, 0.2) is 0 Å². The van der Waals surface area contributed by atoms with E-state index in [-0.39, 0.29) is 6.42 Å². The molecule has 0 aliphatic rings. The molecule has 0 fully saturated rings. The van der Waals surface area contributed by atoms with Crippen molar-refractivity contribution in [1.82, 2.24) is 5.32 Å². The molecule has 0 heterocycles. The molecule has 0 aliphatic carbocycles. The van der Waals surface area contributed by atoms with E-state index in [0.29, 0.717) is 12.5 Å². The third kappa shape index (κ3) is 7.88. The molecule has 0 rings (SSSR count). The van der Waals surface area contributed by atoms with E-state index >= 15 is 0 Å². The molecule has 2 N–H and O–H groups in total. The van der Waals surface area contributed by atoms with Crippen LogP contribution < -0.4 is 5.32 Å². The fourth-order valence-electron chi connectivity index (χ4n) is 0.887. The normalized spacial score (nSPS) is 12.8. The lowest BCUT2D eigenvalue weighted by Gasteiger charge is -2.09. The summed E-state index contributed by atoms with van der Waals surface area (Å²) in [5.41, 5.74) is 0. The van der Waals surface area contributed by atoms with Crippen LogP contribution in [0, 0.1) is 5.92 Å². The van der Waals surface area contributed by atoms with Crippen molar-refractivity contribution in [2.24, 2.45) is 5.92 Å². The minimum Gasteiger partial charge on any atom is -0.481 e. The van der Waals surface area contributed by atoms with Crippen LogP contribution in [0.5, 0.6) is 0 Å². The van der Waals surface area contributed by atoms with Gasteiger partial charge in [0, 0.05) is 6.54 Å². The van der Waals surface area contributed by atoms with Crippen LogP contribution in [-0.4, -0.2) is 36.2 Å². The van der Waals surface area contributed by atoms with E-state index in [1.54, 1.807) is 0 Å². The highest BCUT2D eigenvalue weighted by Crippen LogP contribution is 2.02. The Morgan fingerprint density at radius 3 is 2.83 bits per heavy atom. The second kappa shape index (κ2) is 7.43. The first-order valence-corrected chi connectivity index (χ1v) is 5.47. The Kier molecular flexibility index (Phi) is 7.29. The lowest BCUT2D eigenvalue weighted by molar-refractivity contribution is -0.136. The summed E-state index contributed by atoms with van der Waals surface area (Å²) in [5.74, 6) is 1.01. The van der Waals surface area contributed by atoms with Gasteiger partial charge >= 0.3 is 5.97 Å². The number of thioether (sulfide) groups is 1. The Hall–Kier alpha value is -0.220. The second-order valence-electron chi connectivity index (χ2n) is 2.91. The third-order valence-electron chi connectivity index (χ3n) is 1.46. The first kappa shape index (κ1) is 11.8. The Morgan fingerprint density at radius 1 is 1.67 bits per heavy atom. The topological polar surface area (TPSA) is 49.3 Å². The highest BCUT2D eigenvalue weighted by Gasteiger charge is 2.00. The zero-order valence-corrected chi connectivity index (χ0v) is 8.49. The van der Waals surface area contributed by atoms with Crippen LogP contribution in [0.3, 0.4) is 0 Å². The Balaban J connectivity index is 3.13. The standard InChI is InChI=1S/C8H17NO2S/c1-7(6-12-2)5-9-4-3-8(10)11/h7,9H,3-6H2,1-2H3,(H,10,11). The molecule has 0 spiro atoms. The Morgan fingerprint density at radius 2 is 2.33 bits per heavy atom. The smallest absolute Gasteiger partial charge is 0.304 e. The number of nitrogens with one attached hydrogen (secondary N) is 1. The zero-order chi connectivity index (χ0) is 9.40. The van der Waals surface area contributed by atoms with Crippen molar-refractivity contribution in [2.75, 3.05) is 25.1 Å². The molecule has 1 atom stereocenters. The number of aliphatic carboxylic acids is 1. The fourth-order valence-corrected chi connectivity index (χ4v) is 1.57. The molecule has 4 heteroatoms. The molecule has 3 nitrogen and oxygen atoms in total. The van der Waals surface area contributed by atoms with Crippen LogP contribution in [-0.2, 0) is 4.79 Å². The predicted octanol–water partition coefficient (Wildman–Crippen LogP) is 1.05. The highest BCUT2D eigenvalue weighted by atomic mass is 32.2. The van der Waals surface area contributed by atoms with E-state index in [4.69, 9.17) is 5.11 Å². The Labute approximate surface area is 77.9 Å². The van der Waals surface area contributed by atoms with Gasteiger partial charge in [-0.25, -0.2) is 0 Å². The van der Waals surface area contributed by atoms with E-state index in [1.165, 1.54) is 0 Å². The molecule has 0 saturated carbocycles. The number of hydrogen-bond acceptors (Lipinski definition) is 3. The molecule has 0 bridgehead atoms. The Bertz CT molecular complexity index is 130.